The van der Waals surface area contributed by atoms with E-state index < -0.39 is 0 Å². The first-order chi connectivity index (χ1) is 21.5. The number of benzene rings is 3. The molecule has 8 nitrogen and oxygen atoms in total. The van der Waals surface area contributed by atoms with Crippen LogP contribution in [0.5, 0.6) is 11.5 Å². The Kier molecular flexibility index (Phi) is 8.84. The summed E-state index contributed by atoms with van der Waals surface area (Å²) in [5.74, 6) is 2.18. The summed E-state index contributed by atoms with van der Waals surface area (Å²) in [5, 5.41) is 9.48. The van der Waals surface area contributed by atoms with Crippen molar-refractivity contribution in [3.63, 3.8) is 0 Å². The highest BCUT2D eigenvalue weighted by atomic mass is 32.1. The molecular weight excluding hydrogens is 570 g/mol. The zero-order valence-corrected chi connectivity index (χ0v) is 26.0. The minimum absolute atomic E-state index is 0.211. The third kappa shape index (κ3) is 6.28. The van der Waals surface area contributed by atoms with Gasteiger partial charge in [0.2, 0.25) is 4.96 Å². The summed E-state index contributed by atoms with van der Waals surface area (Å²) >= 11 is 1.32. The van der Waals surface area contributed by atoms with Crippen LogP contribution in [0.15, 0.2) is 83.8 Å². The number of ether oxygens (including phenoxy) is 2. The number of hydrogen-bond donors (Lipinski definition) is 0. The number of para-hydroxylation sites is 1. The fourth-order valence-corrected chi connectivity index (χ4v) is 5.96. The molecule has 44 heavy (non-hydrogen) atoms. The maximum Gasteiger partial charge on any atom is 0.291 e. The first-order valence-corrected chi connectivity index (χ1v) is 15.9. The smallest absolute Gasteiger partial charge is 0.291 e. The summed E-state index contributed by atoms with van der Waals surface area (Å²) in [6, 6.07) is 23.7. The van der Waals surface area contributed by atoms with E-state index in [1.807, 2.05) is 97.5 Å². The minimum Gasteiger partial charge on any atom is -0.494 e. The Morgan fingerprint density at radius 3 is 2.41 bits per heavy atom. The maximum absolute atomic E-state index is 13.5. The van der Waals surface area contributed by atoms with Crippen molar-refractivity contribution < 1.29 is 9.47 Å². The Bertz CT molecular complexity index is 1980. The summed E-state index contributed by atoms with van der Waals surface area (Å²) in [5.41, 5.74) is 5.11. The van der Waals surface area contributed by atoms with Gasteiger partial charge < -0.3 is 9.47 Å². The largest absolute Gasteiger partial charge is 0.494 e. The number of nitrogens with zero attached hydrogens (tertiary/aromatic N) is 5. The number of aryl methyl sites for hydroxylation is 1. The molecule has 0 aliphatic rings. The fraction of sp³-hybridized carbons (Fsp3) is 0.257. The van der Waals surface area contributed by atoms with E-state index >= 15 is 0 Å². The van der Waals surface area contributed by atoms with E-state index in [-0.39, 0.29) is 5.56 Å². The fourth-order valence-electron chi connectivity index (χ4n) is 5.06. The van der Waals surface area contributed by atoms with Gasteiger partial charge in [-0.05, 0) is 86.5 Å². The summed E-state index contributed by atoms with van der Waals surface area (Å²) in [6.07, 6.45) is 8.49. The van der Waals surface area contributed by atoms with E-state index in [2.05, 4.69) is 23.1 Å². The van der Waals surface area contributed by atoms with E-state index in [1.165, 1.54) is 35.1 Å². The zero-order chi connectivity index (χ0) is 30.5. The Morgan fingerprint density at radius 2 is 1.68 bits per heavy atom. The molecule has 3 aromatic carbocycles. The van der Waals surface area contributed by atoms with Crippen molar-refractivity contribution in [1.29, 1.82) is 0 Å². The van der Waals surface area contributed by atoms with Crippen LogP contribution in [0.25, 0.3) is 39.4 Å². The molecule has 0 radical (unpaired) electrons. The molecule has 0 aliphatic carbocycles. The van der Waals surface area contributed by atoms with E-state index in [0.717, 1.165) is 51.6 Å². The lowest BCUT2D eigenvalue weighted by Crippen LogP contribution is -2.23. The van der Waals surface area contributed by atoms with Gasteiger partial charge >= 0.3 is 0 Å². The number of unbranched alkanes of at least 4 members (excludes halogenated alkanes) is 3. The normalized spacial score (nSPS) is 11.8. The molecule has 0 aliphatic heterocycles. The van der Waals surface area contributed by atoms with Crippen LogP contribution in [0.3, 0.4) is 0 Å². The Hall–Kier alpha value is -4.76. The molecule has 0 spiro atoms. The lowest BCUT2D eigenvalue weighted by molar-refractivity contribution is 0.305. The van der Waals surface area contributed by atoms with Gasteiger partial charge in [0, 0.05) is 22.9 Å². The molecule has 0 saturated carbocycles. The number of aromatic nitrogens is 5. The van der Waals surface area contributed by atoms with Crippen LogP contribution in [0.2, 0.25) is 0 Å². The summed E-state index contributed by atoms with van der Waals surface area (Å²) in [4.78, 5) is 18.7. The van der Waals surface area contributed by atoms with Crippen LogP contribution in [0.1, 0.15) is 50.7 Å². The average Bonchev–Trinajstić information content (AvgIpc) is 3.74. The van der Waals surface area contributed by atoms with Gasteiger partial charge in [-0.25, -0.2) is 4.68 Å². The molecule has 6 aromatic rings. The van der Waals surface area contributed by atoms with Gasteiger partial charge in [0.1, 0.15) is 17.2 Å². The first kappa shape index (κ1) is 29.3. The third-order valence-corrected chi connectivity index (χ3v) is 8.32. The van der Waals surface area contributed by atoms with Gasteiger partial charge in [0.05, 0.1) is 23.4 Å². The van der Waals surface area contributed by atoms with Gasteiger partial charge in [-0.2, -0.15) is 14.6 Å². The molecule has 0 fully saturated rings. The van der Waals surface area contributed by atoms with Gasteiger partial charge in [0.25, 0.3) is 5.56 Å². The highest BCUT2D eigenvalue weighted by Gasteiger charge is 2.16. The molecule has 6 rings (SSSR count). The third-order valence-electron chi connectivity index (χ3n) is 7.36. The molecule has 3 heterocycles. The second-order valence-corrected chi connectivity index (χ2v) is 11.6. The second-order valence-electron chi connectivity index (χ2n) is 10.6. The first-order valence-electron chi connectivity index (χ1n) is 15.1. The molecule has 9 heteroatoms. The van der Waals surface area contributed by atoms with Gasteiger partial charge in [-0.3, -0.25) is 4.79 Å². The van der Waals surface area contributed by atoms with Crippen LogP contribution >= 0.6 is 11.3 Å². The number of fused-ring (bicyclic) bond motifs is 1. The lowest BCUT2D eigenvalue weighted by Gasteiger charge is -2.08. The predicted octanol–water partition coefficient (Wildman–Crippen LogP) is 6.88. The van der Waals surface area contributed by atoms with E-state index in [1.54, 1.807) is 0 Å². The topological polar surface area (TPSA) is 83.5 Å². The molecule has 224 valence electrons. The highest BCUT2D eigenvalue weighted by molar-refractivity contribution is 7.15. The van der Waals surface area contributed by atoms with Crippen molar-refractivity contribution in [3.05, 3.63) is 105 Å². The quantitative estimate of drug-likeness (QED) is 0.141. The lowest BCUT2D eigenvalue weighted by atomic mass is 10.0. The second kappa shape index (κ2) is 13.3. The van der Waals surface area contributed by atoms with Crippen LogP contribution in [0.4, 0.5) is 0 Å². The van der Waals surface area contributed by atoms with E-state index in [9.17, 15) is 4.79 Å². The van der Waals surface area contributed by atoms with Crippen molar-refractivity contribution in [2.24, 2.45) is 0 Å². The Balaban J connectivity index is 1.31. The Morgan fingerprint density at radius 1 is 0.886 bits per heavy atom. The maximum atomic E-state index is 13.5. The van der Waals surface area contributed by atoms with Gasteiger partial charge in [-0.1, -0.05) is 55.7 Å². The van der Waals surface area contributed by atoms with Crippen LogP contribution in [0, 0.1) is 6.92 Å². The molecular formula is C35H35N5O3S. The van der Waals surface area contributed by atoms with Crippen LogP contribution < -0.4 is 19.6 Å². The number of thiazole rings is 1. The average molecular weight is 606 g/mol. The van der Waals surface area contributed by atoms with Crippen molar-refractivity contribution in [2.75, 3.05) is 13.2 Å². The molecule has 0 N–H and O–H groups in total. The van der Waals surface area contributed by atoms with Gasteiger partial charge in [0.15, 0.2) is 5.82 Å². The number of rotatable bonds is 12. The molecule has 0 bridgehead atoms. The van der Waals surface area contributed by atoms with Crippen molar-refractivity contribution in [1.82, 2.24) is 24.4 Å². The molecule has 0 atom stereocenters. The molecule has 3 aromatic heterocycles. The minimum atomic E-state index is -0.211. The van der Waals surface area contributed by atoms with Gasteiger partial charge in [-0.15, -0.1) is 5.10 Å². The van der Waals surface area contributed by atoms with Crippen LogP contribution in [-0.4, -0.2) is 37.6 Å². The van der Waals surface area contributed by atoms with Crippen molar-refractivity contribution >= 4 is 22.4 Å². The summed E-state index contributed by atoms with van der Waals surface area (Å²) in [7, 11) is 0. The molecule has 0 amide bonds. The van der Waals surface area contributed by atoms with Crippen LogP contribution in [-0.2, 0) is 0 Å². The SMILES string of the molecule is CCCCCCOc1ccc(-c2nc3s/c(=C/c4cn(-c5ccccc5)nc4-c4ccc(OCC)c(C)c4)c(=O)n3n2)cc1. The zero-order valence-electron chi connectivity index (χ0n) is 25.2. The van der Waals surface area contributed by atoms with E-state index in [0.29, 0.717) is 28.5 Å². The highest BCUT2D eigenvalue weighted by Crippen LogP contribution is 2.29. The van der Waals surface area contributed by atoms with Crippen molar-refractivity contribution in [2.45, 2.75) is 46.5 Å². The molecule has 0 unspecified atom stereocenters. The van der Waals surface area contributed by atoms with E-state index in [4.69, 9.17) is 14.6 Å². The Labute approximate surface area is 260 Å². The summed E-state index contributed by atoms with van der Waals surface area (Å²) < 4.78 is 15.4. The monoisotopic (exact) mass is 605 g/mol. The predicted molar refractivity (Wildman–Crippen MR) is 176 cm³/mol. The summed E-state index contributed by atoms with van der Waals surface area (Å²) in [6.45, 7) is 7.50. The number of hydrogen-bond acceptors (Lipinski definition) is 7. The standard InChI is InChI=1S/C35H35N5O3S/c1-4-6-7-11-20-43-29-17-14-25(15-18-29)33-36-35-40(38-33)34(41)31(44-35)22-27-23-39(28-12-9-8-10-13-28)37-32(27)26-16-19-30(42-5-2)24(3)21-26/h8-10,12-19,21-23H,4-7,11,20H2,1-3H3/b31-22+. The van der Waals surface area contributed by atoms with Crippen molar-refractivity contribution in [3.8, 4) is 39.8 Å². The molecule has 0 saturated heterocycles.